The van der Waals surface area contributed by atoms with E-state index < -0.39 is 29.0 Å². The number of carbonyl (C=O) groups is 1. The summed E-state index contributed by atoms with van der Waals surface area (Å²) in [7, 11) is 0. The number of aryl methyl sites for hydroxylation is 1. The molecule has 0 aliphatic rings. The van der Waals surface area contributed by atoms with E-state index in [2.05, 4.69) is 15.6 Å². The molecule has 4 nitrogen and oxygen atoms in total. The number of aromatic nitrogens is 1. The van der Waals surface area contributed by atoms with Crippen molar-refractivity contribution in [1.29, 1.82) is 0 Å². The van der Waals surface area contributed by atoms with E-state index in [1.807, 2.05) is 31.2 Å². The summed E-state index contributed by atoms with van der Waals surface area (Å²) in [4.78, 5) is 16.1. The molecule has 0 fully saturated rings. The largest absolute Gasteiger partial charge is 0.354 e. The van der Waals surface area contributed by atoms with E-state index in [1.165, 1.54) is 12.3 Å². The second-order valence-electron chi connectivity index (χ2n) is 5.55. The number of halogens is 3. The minimum absolute atomic E-state index is 0.00414. The van der Waals surface area contributed by atoms with Gasteiger partial charge in [0.15, 0.2) is 17.5 Å². The molecule has 0 saturated heterocycles. The van der Waals surface area contributed by atoms with Gasteiger partial charge in [0.05, 0.1) is 17.6 Å². The maximum Gasteiger partial charge on any atom is 0.274 e. The normalized spacial score (nSPS) is 10.5. The van der Waals surface area contributed by atoms with Gasteiger partial charge in [-0.3, -0.25) is 4.79 Å². The van der Waals surface area contributed by atoms with Gasteiger partial charge in [0.2, 0.25) is 0 Å². The van der Waals surface area contributed by atoms with Crippen molar-refractivity contribution in [3.63, 3.8) is 0 Å². The van der Waals surface area contributed by atoms with E-state index in [9.17, 15) is 18.0 Å². The number of anilines is 3. The SMILES string of the molecule is Cc1ccccc1Nc1ccc(C(=O)Nc2ccc(F)c(F)c2F)nc1. The molecule has 0 spiro atoms. The third-order valence-corrected chi connectivity index (χ3v) is 3.70. The fourth-order valence-electron chi connectivity index (χ4n) is 2.28. The topological polar surface area (TPSA) is 54.0 Å². The summed E-state index contributed by atoms with van der Waals surface area (Å²) < 4.78 is 39.8. The Labute approximate surface area is 147 Å². The number of amides is 1. The first-order chi connectivity index (χ1) is 12.5. The average molecular weight is 357 g/mol. The molecule has 132 valence electrons. The first-order valence-corrected chi connectivity index (χ1v) is 7.69. The van der Waals surface area contributed by atoms with Crippen molar-refractivity contribution in [2.75, 3.05) is 10.6 Å². The molecule has 26 heavy (non-hydrogen) atoms. The summed E-state index contributed by atoms with van der Waals surface area (Å²) in [6.07, 6.45) is 1.45. The summed E-state index contributed by atoms with van der Waals surface area (Å²) in [6.45, 7) is 1.95. The van der Waals surface area contributed by atoms with Crippen LogP contribution in [0.25, 0.3) is 0 Å². The Morgan fingerprint density at radius 1 is 0.923 bits per heavy atom. The Morgan fingerprint density at radius 3 is 2.38 bits per heavy atom. The molecule has 0 radical (unpaired) electrons. The lowest BCUT2D eigenvalue weighted by Gasteiger charge is -2.10. The number of nitrogens with zero attached hydrogens (tertiary/aromatic N) is 1. The molecular weight excluding hydrogens is 343 g/mol. The van der Waals surface area contributed by atoms with Crippen molar-refractivity contribution in [1.82, 2.24) is 4.98 Å². The molecule has 1 amide bonds. The maximum absolute atomic E-state index is 13.6. The third-order valence-electron chi connectivity index (χ3n) is 3.70. The summed E-state index contributed by atoms with van der Waals surface area (Å²) in [5.41, 5.74) is 2.15. The monoisotopic (exact) mass is 357 g/mol. The molecule has 0 saturated carbocycles. The highest BCUT2D eigenvalue weighted by Gasteiger charge is 2.16. The first-order valence-electron chi connectivity index (χ1n) is 7.69. The van der Waals surface area contributed by atoms with Crippen LogP contribution in [0.1, 0.15) is 16.1 Å². The minimum atomic E-state index is -1.64. The molecule has 2 N–H and O–H groups in total. The van der Waals surface area contributed by atoms with E-state index in [4.69, 9.17) is 0 Å². The molecule has 3 aromatic rings. The summed E-state index contributed by atoms with van der Waals surface area (Å²) in [6, 6.07) is 12.4. The van der Waals surface area contributed by atoms with Crippen LogP contribution in [-0.4, -0.2) is 10.9 Å². The van der Waals surface area contributed by atoms with Gasteiger partial charge in [-0.1, -0.05) is 18.2 Å². The summed E-state index contributed by atoms with van der Waals surface area (Å²) >= 11 is 0. The molecule has 0 bridgehead atoms. The Morgan fingerprint density at radius 2 is 1.69 bits per heavy atom. The Bertz CT molecular complexity index is 959. The standard InChI is InChI=1S/C19H14F3N3O/c1-11-4-2-3-5-14(11)24-12-6-8-16(23-10-12)19(26)25-15-9-7-13(20)17(21)18(15)22/h2-10,24H,1H3,(H,25,26). The zero-order valence-corrected chi connectivity index (χ0v) is 13.7. The summed E-state index contributed by atoms with van der Waals surface area (Å²) in [5.74, 6) is -5.17. The van der Waals surface area contributed by atoms with Crippen LogP contribution in [0.4, 0.5) is 30.2 Å². The molecule has 0 aliphatic heterocycles. The molecule has 3 rings (SSSR count). The lowest BCUT2D eigenvalue weighted by molar-refractivity contribution is 0.102. The first kappa shape index (κ1) is 17.5. The molecular formula is C19H14F3N3O. The van der Waals surface area contributed by atoms with Gasteiger partial charge in [0.25, 0.3) is 5.91 Å². The van der Waals surface area contributed by atoms with E-state index in [0.717, 1.165) is 23.4 Å². The summed E-state index contributed by atoms with van der Waals surface area (Å²) in [5, 5.41) is 5.33. The molecule has 2 aromatic carbocycles. The van der Waals surface area contributed by atoms with Crippen molar-refractivity contribution in [2.24, 2.45) is 0 Å². The van der Waals surface area contributed by atoms with Gasteiger partial charge in [0, 0.05) is 5.69 Å². The van der Waals surface area contributed by atoms with Crippen LogP contribution in [0.5, 0.6) is 0 Å². The fraction of sp³-hybridized carbons (Fsp3) is 0.0526. The van der Waals surface area contributed by atoms with Crippen LogP contribution in [-0.2, 0) is 0 Å². The predicted octanol–water partition coefficient (Wildman–Crippen LogP) is 4.80. The molecule has 0 aliphatic carbocycles. The molecule has 7 heteroatoms. The van der Waals surface area contributed by atoms with E-state index in [1.54, 1.807) is 6.07 Å². The number of carbonyl (C=O) groups excluding carboxylic acids is 1. The molecule has 0 atom stereocenters. The van der Waals surface area contributed by atoms with Crippen LogP contribution < -0.4 is 10.6 Å². The molecule has 1 heterocycles. The second kappa shape index (κ2) is 7.26. The Hall–Kier alpha value is -3.35. The van der Waals surface area contributed by atoms with E-state index in [0.29, 0.717) is 5.69 Å². The Balaban J connectivity index is 1.73. The van der Waals surface area contributed by atoms with Gasteiger partial charge in [0.1, 0.15) is 5.69 Å². The van der Waals surface area contributed by atoms with Crippen LogP contribution >= 0.6 is 0 Å². The van der Waals surface area contributed by atoms with Gasteiger partial charge in [-0.25, -0.2) is 18.2 Å². The third kappa shape index (κ3) is 3.66. The fourth-order valence-corrected chi connectivity index (χ4v) is 2.28. The van der Waals surface area contributed by atoms with Crippen molar-refractivity contribution in [3.8, 4) is 0 Å². The van der Waals surface area contributed by atoms with E-state index >= 15 is 0 Å². The van der Waals surface area contributed by atoms with Crippen LogP contribution in [0.2, 0.25) is 0 Å². The lowest BCUT2D eigenvalue weighted by Crippen LogP contribution is -2.15. The quantitative estimate of drug-likeness (QED) is 0.659. The van der Waals surface area contributed by atoms with Crippen molar-refractivity contribution < 1.29 is 18.0 Å². The number of pyridine rings is 1. The van der Waals surface area contributed by atoms with Crippen LogP contribution in [0.15, 0.2) is 54.7 Å². The number of para-hydroxylation sites is 1. The zero-order valence-electron chi connectivity index (χ0n) is 13.7. The van der Waals surface area contributed by atoms with Gasteiger partial charge in [-0.05, 0) is 42.8 Å². The predicted molar refractivity (Wildman–Crippen MR) is 93.0 cm³/mol. The van der Waals surface area contributed by atoms with Gasteiger partial charge >= 0.3 is 0 Å². The average Bonchev–Trinajstić information content (AvgIpc) is 2.64. The van der Waals surface area contributed by atoms with Crippen molar-refractivity contribution in [2.45, 2.75) is 6.92 Å². The molecule has 1 aromatic heterocycles. The highest BCUT2D eigenvalue weighted by Crippen LogP contribution is 2.21. The highest BCUT2D eigenvalue weighted by molar-refractivity contribution is 6.03. The number of hydrogen-bond donors (Lipinski definition) is 2. The van der Waals surface area contributed by atoms with Gasteiger partial charge in [-0.2, -0.15) is 0 Å². The van der Waals surface area contributed by atoms with Crippen LogP contribution in [0.3, 0.4) is 0 Å². The second-order valence-corrected chi connectivity index (χ2v) is 5.55. The van der Waals surface area contributed by atoms with Crippen molar-refractivity contribution >= 4 is 23.0 Å². The lowest BCUT2D eigenvalue weighted by atomic mass is 10.2. The maximum atomic E-state index is 13.6. The minimum Gasteiger partial charge on any atom is -0.354 e. The van der Waals surface area contributed by atoms with Gasteiger partial charge < -0.3 is 10.6 Å². The zero-order chi connectivity index (χ0) is 18.7. The smallest absolute Gasteiger partial charge is 0.274 e. The number of hydrogen-bond acceptors (Lipinski definition) is 3. The van der Waals surface area contributed by atoms with Gasteiger partial charge in [-0.15, -0.1) is 0 Å². The molecule has 0 unspecified atom stereocenters. The number of nitrogens with one attached hydrogen (secondary N) is 2. The van der Waals surface area contributed by atoms with Crippen LogP contribution in [0, 0.1) is 24.4 Å². The van der Waals surface area contributed by atoms with E-state index in [-0.39, 0.29) is 5.69 Å². The number of benzene rings is 2. The van der Waals surface area contributed by atoms with Crippen molar-refractivity contribution in [3.05, 3.63) is 83.4 Å². The number of rotatable bonds is 4. The highest BCUT2D eigenvalue weighted by atomic mass is 19.2. The Kier molecular flexibility index (Phi) is 4.88.